The van der Waals surface area contributed by atoms with Crippen molar-refractivity contribution in [2.24, 2.45) is 12.8 Å². The van der Waals surface area contributed by atoms with Crippen LogP contribution in [0.1, 0.15) is 41.1 Å². The number of hydrogen-bond acceptors (Lipinski definition) is 7. The molecule has 1 atom stereocenters. The van der Waals surface area contributed by atoms with Gasteiger partial charge >= 0.3 is 0 Å². The number of ether oxygens (including phenoxy) is 2. The van der Waals surface area contributed by atoms with Crippen molar-refractivity contribution in [3.8, 4) is 5.75 Å². The second kappa shape index (κ2) is 9.13. The summed E-state index contributed by atoms with van der Waals surface area (Å²) in [7, 11) is 1.60. The van der Waals surface area contributed by atoms with Crippen LogP contribution in [0.3, 0.4) is 0 Å². The molecule has 10 heteroatoms. The van der Waals surface area contributed by atoms with Crippen LogP contribution in [0.15, 0.2) is 45.6 Å². The minimum absolute atomic E-state index is 0.0515. The highest BCUT2D eigenvalue weighted by molar-refractivity contribution is 6.07. The first kappa shape index (κ1) is 24.4. The van der Waals surface area contributed by atoms with E-state index < -0.39 is 17.1 Å². The summed E-state index contributed by atoms with van der Waals surface area (Å²) in [5, 5.41) is 0.666. The number of aryl methyl sites for hydroxylation is 2. The maximum absolute atomic E-state index is 16.1. The molecule has 0 spiro atoms. The predicted octanol–water partition coefficient (Wildman–Crippen LogP) is 3.72. The van der Waals surface area contributed by atoms with Crippen molar-refractivity contribution in [1.29, 1.82) is 0 Å². The lowest BCUT2D eigenvalue weighted by Gasteiger charge is -2.37. The van der Waals surface area contributed by atoms with Crippen LogP contribution in [0.5, 0.6) is 5.75 Å². The Hall–Kier alpha value is -3.92. The number of nitrogens with zero attached hydrogens (tertiary/aromatic N) is 3. The Morgan fingerprint density at radius 2 is 2.00 bits per heavy atom. The fourth-order valence-corrected chi connectivity index (χ4v) is 5.45. The molecule has 0 saturated carbocycles. The molecule has 2 N–H and O–H groups in total. The van der Waals surface area contributed by atoms with Gasteiger partial charge in [-0.2, -0.15) is 0 Å². The maximum Gasteiger partial charge on any atom is 0.265 e. The molecule has 9 nitrogen and oxygen atoms in total. The Morgan fingerprint density at radius 1 is 1.21 bits per heavy atom. The number of rotatable bonds is 5. The SMILES string of the molecule is Cc1ccc2oc(C3(F)CCN(c4c(C(N)=O)c(=O)n(C)c5cc(OC6CCOC6)ccc45)CC3)nc2c1. The molecular weight excluding hydrogens is 491 g/mol. The number of oxazole rings is 1. The van der Waals surface area contributed by atoms with Crippen molar-refractivity contribution < 1.29 is 23.1 Å². The number of halogens is 1. The zero-order chi connectivity index (χ0) is 26.6. The summed E-state index contributed by atoms with van der Waals surface area (Å²) in [4.78, 5) is 32.1. The number of alkyl halides is 1. The van der Waals surface area contributed by atoms with Crippen molar-refractivity contribution in [3.05, 3.63) is 63.8 Å². The highest BCUT2D eigenvalue weighted by Crippen LogP contribution is 2.41. The van der Waals surface area contributed by atoms with Gasteiger partial charge in [0.2, 0.25) is 5.89 Å². The molecule has 6 rings (SSSR count). The molecule has 2 fully saturated rings. The minimum Gasteiger partial charge on any atom is -0.488 e. The Morgan fingerprint density at radius 3 is 2.71 bits per heavy atom. The van der Waals surface area contributed by atoms with Gasteiger partial charge in [0.05, 0.1) is 24.4 Å². The molecule has 1 amide bonds. The van der Waals surface area contributed by atoms with Crippen LogP contribution in [0.2, 0.25) is 0 Å². The largest absolute Gasteiger partial charge is 0.488 e. The van der Waals surface area contributed by atoms with E-state index >= 15 is 4.39 Å². The average Bonchev–Trinajstić information content (AvgIpc) is 3.56. The number of amides is 1. The first-order valence-electron chi connectivity index (χ1n) is 12.8. The second-order valence-corrected chi connectivity index (χ2v) is 10.2. The third-order valence-corrected chi connectivity index (χ3v) is 7.58. The lowest BCUT2D eigenvalue weighted by molar-refractivity contribution is 0.0903. The lowest BCUT2D eigenvalue weighted by Crippen LogP contribution is -2.43. The number of aromatic nitrogens is 2. The van der Waals surface area contributed by atoms with Gasteiger partial charge in [-0.25, -0.2) is 9.37 Å². The van der Waals surface area contributed by atoms with Gasteiger partial charge in [0, 0.05) is 50.9 Å². The van der Waals surface area contributed by atoms with E-state index in [0.717, 1.165) is 12.0 Å². The molecule has 0 bridgehead atoms. The Balaban J connectivity index is 1.36. The van der Waals surface area contributed by atoms with Crippen LogP contribution >= 0.6 is 0 Å². The first-order valence-corrected chi connectivity index (χ1v) is 12.8. The van der Waals surface area contributed by atoms with E-state index in [4.69, 9.17) is 19.6 Å². The van der Waals surface area contributed by atoms with Crippen LogP contribution < -0.4 is 20.9 Å². The number of carbonyl (C=O) groups excluding carboxylic acids is 1. The molecule has 2 aliphatic rings. The molecular formula is C28H29FN4O5. The normalized spacial score (nSPS) is 19.3. The van der Waals surface area contributed by atoms with Crippen LogP contribution in [-0.4, -0.2) is 47.9 Å². The molecule has 2 aromatic heterocycles. The average molecular weight is 521 g/mol. The van der Waals surface area contributed by atoms with Crippen LogP contribution in [0.4, 0.5) is 10.1 Å². The third kappa shape index (κ3) is 4.09. The van der Waals surface area contributed by atoms with E-state index in [0.29, 0.717) is 46.7 Å². The van der Waals surface area contributed by atoms with Crippen molar-refractivity contribution in [2.45, 2.75) is 38.0 Å². The van der Waals surface area contributed by atoms with Gasteiger partial charge in [-0.05, 0) is 36.8 Å². The standard InChI is InChI=1S/C28H29FN4O5/c1-16-3-6-22-20(13-16)31-27(38-22)28(29)8-10-33(11-9-28)24-19-5-4-17(37-18-7-12-36-15-18)14-21(19)32(2)26(35)23(24)25(30)34/h3-6,13-14,18H,7-12,15H2,1-2H3,(H2,30,34). The Kier molecular flexibility index (Phi) is 5.86. The topological polar surface area (TPSA) is 113 Å². The van der Waals surface area contributed by atoms with Crippen molar-refractivity contribution in [1.82, 2.24) is 9.55 Å². The van der Waals surface area contributed by atoms with Gasteiger partial charge in [-0.15, -0.1) is 0 Å². The molecule has 1 unspecified atom stereocenters. The molecule has 2 aliphatic heterocycles. The van der Waals surface area contributed by atoms with E-state index in [-0.39, 0.29) is 43.5 Å². The summed E-state index contributed by atoms with van der Waals surface area (Å²) >= 11 is 0. The quantitative estimate of drug-likeness (QED) is 0.427. The molecule has 4 heterocycles. The summed E-state index contributed by atoms with van der Waals surface area (Å²) in [5.74, 6) is -0.162. The lowest BCUT2D eigenvalue weighted by atomic mass is 9.92. The number of piperidine rings is 1. The Bertz CT molecular complexity index is 1610. The molecule has 4 aromatic rings. The third-order valence-electron chi connectivity index (χ3n) is 7.58. The predicted molar refractivity (Wildman–Crippen MR) is 141 cm³/mol. The number of benzene rings is 2. The fourth-order valence-electron chi connectivity index (χ4n) is 5.45. The fraction of sp³-hybridized carbons (Fsp3) is 0.393. The highest BCUT2D eigenvalue weighted by Gasteiger charge is 2.42. The number of carbonyl (C=O) groups is 1. The molecule has 198 valence electrons. The van der Waals surface area contributed by atoms with E-state index in [9.17, 15) is 9.59 Å². The number of pyridine rings is 1. The molecule has 38 heavy (non-hydrogen) atoms. The zero-order valence-corrected chi connectivity index (χ0v) is 21.3. The van der Waals surface area contributed by atoms with Gasteiger partial charge in [0.15, 0.2) is 11.3 Å². The molecule has 0 radical (unpaired) electrons. The smallest absolute Gasteiger partial charge is 0.265 e. The van der Waals surface area contributed by atoms with Crippen molar-refractivity contribution >= 4 is 33.6 Å². The minimum atomic E-state index is -1.77. The number of fused-ring (bicyclic) bond motifs is 2. The van der Waals surface area contributed by atoms with E-state index in [1.807, 2.05) is 36.1 Å². The van der Waals surface area contributed by atoms with E-state index in [1.165, 1.54) is 4.57 Å². The number of nitrogens with two attached hydrogens (primary N) is 1. The monoisotopic (exact) mass is 520 g/mol. The van der Waals surface area contributed by atoms with E-state index in [1.54, 1.807) is 19.2 Å². The number of hydrogen-bond donors (Lipinski definition) is 1. The first-order chi connectivity index (χ1) is 18.2. The van der Waals surface area contributed by atoms with Gasteiger partial charge in [0.1, 0.15) is 22.9 Å². The summed E-state index contributed by atoms with van der Waals surface area (Å²) in [6, 6.07) is 11.0. The van der Waals surface area contributed by atoms with Crippen molar-refractivity contribution in [2.75, 3.05) is 31.2 Å². The van der Waals surface area contributed by atoms with Gasteiger partial charge in [0.25, 0.3) is 11.5 Å². The van der Waals surface area contributed by atoms with Crippen LogP contribution in [0, 0.1) is 6.92 Å². The molecule has 2 aromatic carbocycles. The van der Waals surface area contributed by atoms with Gasteiger partial charge < -0.3 is 29.1 Å². The maximum atomic E-state index is 16.1. The summed E-state index contributed by atoms with van der Waals surface area (Å²) in [6.07, 6.45) is 0.901. The van der Waals surface area contributed by atoms with Crippen molar-refractivity contribution in [3.63, 3.8) is 0 Å². The summed E-state index contributed by atoms with van der Waals surface area (Å²) in [5.41, 5.74) is 6.51. The number of anilines is 1. The van der Waals surface area contributed by atoms with Gasteiger partial charge in [-0.3, -0.25) is 9.59 Å². The van der Waals surface area contributed by atoms with E-state index in [2.05, 4.69) is 4.98 Å². The molecule has 0 aliphatic carbocycles. The zero-order valence-electron chi connectivity index (χ0n) is 21.3. The number of primary amides is 1. The molecule has 2 saturated heterocycles. The second-order valence-electron chi connectivity index (χ2n) is 10.2. The highest BCUT2D eigenvalue weighted by atomic mass is 19.1. The summed E-state index contributed by atoms with van der Waals surface area (Å²) < 4.78 is 34.7. The van der Waals surface area contributed by atoms with Crippen LogP contribution in [-0.2, 0) is 17.5 Å². The van der Waals surface area contributed by atoms with Gasteiger partial charge in [-0.1, -0.05) is 6.07 Å². The summed E-state index contributed by atoms with van der Waals surface area (Å²) in [6.45, 7) is 3.60. The van der Waals surface area contributed by atoms with Crippen LogP contribution in [0.25, 0.3) is 22.0 Å². The Labute approximate surface area is 217 Å².